The number of carbonyl (C=O) groups excluding carboxylic acids is 1. The van der Waals surface area contributed by atoms with E-state index < -0.39 is 0 Å². The zero-order chi connectivity index (χ0) is 27.6. The fourth-order valence-electron chi connectivity index (χ4n) is 4.74. The Morgan fingerprint density at radius 2 is 2.03 bits per heavy atom. The van der Waals surface area contributed by atoms with Crippen molar-refractivity contribution in [2.75, 3.05) is 51.5 Å². The number of imidazole rings is 1. The van der Waals surface area contributed by atoms with E-state index in [1.54, 1.807) is 13.4 Å². The van der Waals surface area contributed by atoms with Gasteiger partial charge in [-0.25, -0.2) is 9.78 Å². The molecule has 0 amide bonds. The van der Waals surface area contributed by atoms with Crippen molar-refractivity contribution in [3.63, 3.8) is 0 Å². The molecule has 4 rings (SSSR count). The van der Waals surface area contributed by atoms with Gasteiger partial charge in [-0.05, 0) is 81.6 Å². The molecule has 1 aliphatic rings. The molecule has 1 saturated heterocycles. The third-order valence-corrected chi connectivity index (χ3v) is 6.89. The molecule has 1 atom stereocenters. The molecule has 2 heterocycles. The van der Waals surface area contributed by atoms with Crippen molar-refractivity contribution >= 4 is 17.7 Å². The lowest BCUT2D eigenvalue weighted by molar-refractivity contribution is -0.138. The maximum Gasteiger partial charge on any atom is 0.334 e. The van der Waals surface area contributed by atoms with Gasteiger partial charge in [0.1, 0.15) is 5.75 Å². The van der Waals surface area contributed by atoms with Crippen LogP contribution < -0.4 is 15.0 Å². The van der Waals surface area contributed by atoms with E-state index in [1.807, 2.05) is 48.9 Å². The molecule has 1 aliphatic heterocycles. The molecule has 0 radical (unpaired) electrons. The number of esters is 1. The molecule has 0 spiro atoms. The molecule has 1 fully saturated rings. The summed E-state index contributed by atoms with van der Waals surface area (Å²) >= 11 is 0. The number of carbonyl (C=O) groups is 1. The summed E-state index contributed by atoms with van der Waals surface area (Å²) in [5.74, 6) is 0.427. The molecule has 2 aromatic carbocycles. The topological polar surface area (TPSA) is 77.9 Å². The summed E-state index contributed by atoms with van der Waals surface area (Å²) < 4.78 is 18.4. The molecule has 3 aromatic rings. The second-order valence-corrected chi connectivity index (χ2v) is 9.72. The third kappa shape index (κ3) is 7.71. The highest BCUT2D eigenvalue weighted by Crippen LogP contribution is 2.27. The van der Waals surface area contributed by atoms with Crippen LogP contribution in [0.2, 0.25) is 0 Å². The second kappa shape index (κ2) is 14.0. The minimum atomic E-state index is -0.281. The molecule has 1 unspecified atom stereocenters. The first-order valence-corrected chi connectivity index (χ1v) is 13.7. The Balaban J connectivity index is 1.39. The van der Waals surface area contributed by atoms with Gasteiger partial charge in [-0.2, -0.15) is 0 Å². The fourth-order valence-corrected chi connectivity index (χ4v) is 4.74. The molecule has 1 N–H and O–H groups in total. The summed E-state index contributed by atoms with van der Waals surface area (Å²) in [6.45, 7) is 10.5. The minimum absolute atomic E-state index is 0.199. The van der Waals surface area contributed by atoms with E-state index in [2.05, 4.69) is 46.4 Å². The van der Waals surface area contributed by atoms with Crippen molar-refractivity contribution < 1.29 is 19.0 Å². The maximum absolute atomic E-state index is 12.8. The van der Waals surface area contributed by atoms with Crippen molar-refractivity contribution in [3.8, 4) is 11.4 Å². The first-order chi connectivity index (χ1) is 19.0. The van der Waals surface area contributed by atoms with E-state index in [1.165, 1.54) is 11.3 Å². The summed E-state index contributed by atoms with van der Waals surface area (Å²) in [7, 11) is 1.64. The van der Waals surface area contributed by atoms with Gasteiger partial charge < -0.3 is 29.0 Å². The van der Waals surface area contributed by atoms with Gasteiger partial charge in [0.25, 0.3) is 0 Å². The van der Waals surface area contributed by atoms with Gasteiger partial charge >= 0.3 is 5.97 Å². The van der Waals surface area contributed by atoms with Crippen LogP contribution >= 0.6 is 0 Å². The van der Waals surface area contributed by atoms with E-state index in [0.717, 1.165) is 56.2 Å². The van der Waals surface area contributed by atoms with Crippen molar-refractivity contribution in [3.05, 3.63) is 77.4 Å². The van der Waals surface area contributed by atoms with Gasteiger partial charge in [0.15, 0.2) is 0 Å². The Hall–Kier alpha value is -3.62. The lowest BCUT2D eigenvalue weighted by atomic mass is 10.0. The van der Waals surface area contributed by atoms with Crippen LogP contribution in [0, 0.1) is 6.92 Å². The number of morpholine rings is 1. The van der Waals surface area contributed by atoms with Gasteiger partial charge in [0.05, 0.1) is 44.6 Å². The Labute approximate surface area is 231 Å². The summed E-state index contributed by atoms with van der Waals surface area (Å²) in [6.07, 6.45) is 7.03. The standard InChI is InChI=1S/C31H40N4O4/c1-5-39-31(36)27(18-25-11-12-29(30(19-25)37-4)35-21-23(2)33-22-35)9-7-13-32-24(3)26-8-6-10-28(20-26)34-14-16-38-17-15-34/h6,8,10-12,18-22,24,32H,5,7,9,13-17H2,1-4H3. The lowest BCUT2D eigenvalue weighted by Gasteiger charge is -2.29. The van der Waals surface area contributed by atoms with Crippen LogP contribution in [0.15, 0.2) is 60.6 Å². The molecule has 8 nitrogen and oxygen atoms in total. The molecular weight excluding hydrogens is 492 g/mol. The molecule has 39 heavy (non-hydrogen) atoms. The Morgan fingerprint density at radius 3 is 2.74 bits per heavy atom. The molecular formula is C31H40N4O4. The highest BCUT2D eigenvalue weighted by molar-refractivity contribution is 5.93. The molecule has 1 aromatic heterocycles. The number of nitrogens with one attached hydrogen (secondary N) is 1. The zero-order valence-corrected chi connectivity index (χ0v) is 23.5. The van der Waals surface area contributed by atoms with Gasteiger partial charge in [-0.3, -0.25) is 0 Å². The molecule has 0 aliphatic carbocycles. The monoisotopic (exact) mass is 532 g/mol. The third-order valence-electron chi connectivity index (χ3n) is 6.89. The Bertz CT molecular complexity index is 1260. The van der Waals surface area contributed by atoms with E-state index in [9.17, 15) is 4.79 Å². The number of ether oxygens (including phenoxy) is 3. The van der Waals surface area contributed by atoms with Crippen LogP contribution in [0.4, 0.5) is 5.69 Å². The molecule has 8 heteroatoms. The number of anilines is 1. The van der Waals surface area contributed by atoms with Crippen LogP contribution in [0.5, 0.6) is 5.75 Å². The number of aryl methyl sites for hydroxylation is 1. The minimum Gasteiger partial charge on any atom is -0.495 e. The van der Waals surface area contributed by atoms with Crippen molar-refractivity contribution in [1.29, 1.82) is 0 Å². The first kappa shape index (κ1) is 28.4. The predicted octanol–water partition coefficient (Wildman–Crippen LogP) is 5.10. The zero-order valence-electron chi connectivity index (χ0n) is 23.5. The normalized spacial score (nSPS) is 14.8. The Kier molecular flexibility index (Phi) is 10.2. The summed E-state index contributed by atoms with van der Waals surface area (Å²) in [5.41, 5.74) is 5.84. The van der Waals surface area contributed by atoms with Gasteiger partial charge in [-0.1, -0.05) is 18.2 Å². The highest BCUT2D eigenvalue weighted by atomic mass is 16.5. The largest absolute Gasteiger partial charge is 0.495 e. The maximum atomic E-state index is 12.8. The quantitative estimate of drug-likeness (QED) is 0.197. The number of hydrogen-bond acceptors (Lipinski definition) is 7. The summed E-state index contributed by atoms with van der Waals surface area (Å²) in [6, 6.07) is 14.8. The predicted molar refractivity (Wildman–Crippen MR) is 155 cm³/mol. The van der Waals surface area contributed by atoms with E-state index in [-0.39, 0.29) is 12.0 Å². The number of hydrogen-bond donors (Lipinski definition) is 1. The van der Waals surface area contributed by atoms with Crippen LogP contribution in [-0.2, 0) is 14.3 Å². The summed E-state index contributed by atoms with van der Waals surface area (Å²) in [4.78, 5) is 19.4. The molecule has 0 bridgehead atoms. The van der Waals surface area contributed by atoms with Gasteiger partial charge in [0.2, 0.25) is 0 Å². The van der Waals surface area contributed by atoms with Gasteiger partial charge in [-0.15, -0.1) is 0 Å². The number of rotatable bonds is 12. The van der Waals surface area contributed by atoms with Crippen LogP contribution in [-0.4, -0.2) is 62.1 Å². The molecule has 208 valence electrons. The average Bonchev–Trinajstić information content (AvgIpc) is 3.40. The second-order valence-electron chi connectivity index (χ2n) is 9.72. The number of aromatic nitrogens is 2. The number of methoxy groups -OCH3 is 1. The average molecular weight is 533 g/mol. The van der Waals surface area contributed by atoms with Crippen molar-refractivity contribution in [1.82, 2.24) is 14.9 Å². The van der Waals surface area contributed by atoms with Crippen molar-refractivity contribution in [2.45, 2.75) is 39.7 Å². The van der Waals surface area contributed by atoms with E-state index in [0.29, 0.717) is 24.4 Å². The van der Waals surface area contributed by atoms with E-state index >= 15 is 0 Å². The highest BCUT2D eigenvalue weighted by Gasteiger charge is 2.15. The first-order valence-electron chi connectivity index (χ1n) is 13.7. The lowest BCUT2D eigenvalue weighted by Crippen LogP contribution is -2.36. The number of nitrogens with zero attached hydrogens (tertiary/aromatic N) is 3. The van der Waals surface area contributed by atoms with E-state index in [4.69, 9.17) is 14.2 Å². The smallest absolute Gasteiger partial charge is 0.334 e. The van der Waals surface area contributed by atoms with Crippen LogP contribution in [0.3, 0.4) is 0 Å². The van der Waals surface area contributed by atoms with Crippen molar-refractivity contribution in [2.24, 2.45) is 0 Å². The Morgan fingerprint density at radius 1 is 1.21 bits per heavy atom. The van der Waals surface area contributed by atoms with Crippen LogP contribution in [0.25, 0.3) is 11.8 Å². The van der Waals surface area contributed by atoms with Crippen LogP contribution in [0.1, 0.15) is 49.6 Å². The fraction of sp³-hybridized carbons (Fsp3) is 0.419. The molecule has 0 saturated carbocycles. The number of benzene rings is 2. The SMILES string of the molecule is CCOC(=O)C(=Cc1ccc(-n2cnc(C)c2)c(OC)c1)CCCNC(C)c1cccc(N2CCOCC2)c1. The van der Waals surface area contributed by atoms with Gasteiger partial charge in [0, 0.05) is 36.6 Å². The summed E-state index contributed by atoms with van der Waals surface area (Å²) in [5, 5.41) is 3.61.